The SMILES string of the molecule is Cc1cc(Nc2ccc3c(c2)CCN3C(=O)c2cccnc2)n2ncnc2n1. The van der Waals surface area contributed by atoms with Crippen molar-refractivity contribution in [2.24, 2.45) is 0 Å². The molecule has 4 heterocycles. The maximum absolute atomic E-state index is 12.8. The number of nitrogens with zero attached hydrogens (tertiary/aromatic N) is 6. The van der Waals surface area contributed by atoms with E-state index in [1.165, 1.54) is 6.33 Å². The molecule has 0 atom stereocenters. The van der Waals surface area contributed by atoms with Gasteiger partial charge in [0.2, 0.25) is 0 Å². The van der Waals surface area contributed by atoms with E-state index in [9.17, 15) is 4.79 Å². The Labute approximate surface area is 160 Å². The minimum atomic E-state index is -0.0263. The maximum atomic E-state index is 12.8. The minimum Gasteiger partial charge on any atom is -0.340 e. The number of benzene rings is 1. The summed E-state index contributed by atoms with van der Waals surface area (Å²) in [6, 6.07) is 11.5. The fraction of sp³-hybridized carbons (Fsp3) is 0.150. The minimum absolute atomic E-state index is 0.0263. The lowest BCUT2D eigenvalue weighted by Crippen LogP contribution is -2.28. The van der Waals surface area contributed by atoms with Gasteiger partial charge >= 0.3 is 0 Å². The van der Waals surface area contributed by atoms with Crippen molar-refractivity contribution in [3.63, 3.8) is 0 Å². The second-order valence-electron chi connectivity index (χ2n) is 6.67. The fourth-order valence-electron chi connectivity index (χ4n) is 3.50. The standard InChI is InChI=1S/C20H17N7O/c1-13-9-18(27-20(24-13)22-12-23-27)25-16-4-5-17-14(10-16)6-8-26(17)19(28)15-3-2-7-21-11-15/h2-5,7,9-12,25H,6,8H2,1H3. The number of aryl methyl sites for hydroxylation is 1. The van der Waals surface area contributed by atoms with Crippen LogP contribution < -0.4 is 10.2 Å². The number of hydrogen-bond donors (Lipinski definition) is 1. The van der Waals surface area contributed by atoms with Gasteiger partial charge in [-0.1, -0.05) is 0 Å². The van der Waals surface area contributed by atoms with Crippen molar-refractivity contribution in [1.29, 1.82) is 0 Å². The van der Waals surface area contributed by atoms with Gasteiger partial charge in [0.25, 0.3) is 11.7 Å². The lowest BCUT2D eigenvalue weighted by Gasteiger charge is -2.17. The number of hydrogen-bond acceptors (Lipinski definition) is 6. The number of aromatic nitrogens is 5. The van der Waals surface area contributed by atoms with Crippen LogP contribution in [0.4, 0.5) is 17.2 Å². The molecular formula is C20H17N7O. The molecule has 8 heteroatoms. The first-order valence-corrected chi connectivity index (χ1v) is 8.98. The molecule has 138 valence electrons. The van der Waals surface area contributed by atoms with Gasteiger partial charge in [-0.15, -0.1) is 0 Å². The average Bonchev–Trinajstić information content (AvgIpc) is 3.34. The van der Waals surface area contributed by atoms with E-state index in [0.717, 1.165) is 34.9 Å². The molecule has 1 aliphatic rings. The third-order valence-electron chi connectivity index (χ3n) is 4.78. The van der Waals surface area contributed by atoms with E-state index in [0.29, 0.717) is 17.9 Å². The van der Waals surface area contributed by atoms with Gasteiger partial charge in [-0.05, 0) is 49.2 Å². The van der Waals surface area contributed by atoms with Gasteiger partial charge in [-0.25, -0.2) is 4.98 Å². The van der Waals surface area contributed by atoms with Gasteiger partial charge in [0.05, 0.1) is 5.56 Å². The maximum Gasteiger partial charge on any atom is 0.259 e. The Bertz CT molecular complexity index is 1190. The molecule has 0 unspecified atom stereocenters. The first-order valence-electron chi connectivity index (χ1n) is 8.98. The van der Waals surface area contributed by atoms with E-state index >= 15 is 0 Å². The molecule has 8 nitrogen and oxygen atoms in total. The Balaban J connectivity index is 1.44. The van der Waals surface area contributed by atoms with Gasteiger partial charge in [0, 0.05) is 42.1 Å². The summed E-state index contributed by atoms with van der Waals surface area (Å²) in [6.07, 6.45) is 5.56. The number of anilines is 3. The van der Waals surface area contributed by atoms with Crippen molar-refractivity contribution in [2.75, 3.05) is 16.8 Å². The summed E-state index contributed by atoms with van der Waals surface area (Å²) in [7, 11) is 0. The summed E-state index contributed by atoms with van der Waals surface area (Å²) >= 11 is 0. The Kier molecular flexibility index (Phi) is 3.75. The van der Waals surface area contributed by atoms with E-state index in [4.69, 9.17) is 0 Å². The van der Waals surface area contributed by atoms with E-state index < -0.39 is 0 Å². The lowest BCUT2D eigenvalue weighted by molar-refractivity contribution is 0.0989. The van der Waals surface area contributed by atoms with Crippen molar-refractivity contribution in [3.8, 4) is 0 Å². The highest BCUT2D eigenvalue weighted by Gasteiger charge is 2.26. The highest BCUT2D eigenvalue weighted by atomic mass is 16.2. The van der Waals surface area contributed by atoms with Gasteiger partial charge < -0.3 is 10.2 Å². The second kappa shape index (κ2) is 6.41. The Hall–Kier alpha value is -3.81. The highest BCUT2D eigenvalue weighted by molar-refractivity contribution is 6.07. The van der Waals surface area contributed by atoms with Crippen LogP contribution in [0, 0.1) is 6.92 Å². The molecule has 0 fully saturated rings. The molecule has 5 rings (SSSR count). The molecule has 1 N–H and O–H groups in total. The number of pyridine rings is 1. The molecule has 3 aromatic heterocycles. The Morgan fingerprint density at radius 2 is 2.14 bits per heavy atom. The van der Waals surface area contributed by atoms with Gasteiger partial charge in [-0.3, -0.25) is 9.78 Å². The first-order chi connectivity index (χ1) is 13.7. The molecular weight excluding hydrogens is 354 g/mol. The third-order valence-corrected chi connectivity index (χ3v) is 4.78. The number of amides is 1. The highest BCUT2D eigenvalue weighted by Crippen LogP contribution is 2.32. The summed E-state index contributed by atoms with van der Waals surface area (Å²) in [5.74, 6) is 1.32. The van der Waals surface area contributed by atoms with E-state index in [1.807, 2.05) is 30.0 Å². The molecule has 1 amide bonds. The number of carbonyl (C=O) groups excluding carboxylic acids is 1. The summed E-state index contributed by atoms with van der Waals surface area (Å²) in [4.78, 5) is 27.1. The quantitative estimate of drug-likeness (QED) is 0.596. The number of rotatable bonds is 3. The summed E-state index contributed by atoms with van der Waals surface area (Å²) in [5, 5.41) is 7.61. The van der Waals surface area contributed by atoms with Crippen LogP contribution in [0.1, 0.15) is 21.6 Å². The van der Waals surface area contributed by atoms with Crippen molar-refractivity contribution in [3.05, 3.63) is 71.9 Å². The summed E-state index contributed by atoms with van der Waals surface area (Å²) in [5.41, 5.74) is 4.45. The van der Waals surface area contributed by atoms with Crippen LogP contribution in [-0.2, 0) is 6.42 Å². The van der Waals surface area contributed by atoms with Gasteiger partial charge in [0.15, 0.2) is 0 Å². The van der Waals surface area contributed by atoms with Crippen molar-refractivity contribution >= 4 is 28.9 Å². The fourth-order valence-corrected chi connectivity index (χ4v) is 3.50. The van der Waals surface area contributed by atoms with E-state index in [2.05, 4.69) is 31.4 Å². The van der Waals surface area contributed by atoms with Gasteiger partial charge in [0.1, 0.15) is 12.1 Å². The van der Waals surface area contributed by atoms with E-state index in [1.54, 1.807) is 29.0 Å². The predicted octanol–water partition coefficient (Wildman–Crippen LogP) is 2.77. The van der Waals surface area contributed by atoms with Crippen LogP contribution in [0.15, 0.2) is 55.1 Å². The first kappa shape index (κ1) is 16.4. The molecule has 0 spiro atoms. The zero-order chi connectivity index (χ0) is 19.1. The van der Waals surface area contributed by atoms with Crippen LogP contribution in [0.3, 0.4) is 0 Å². The van der Waals surface area contributed by atoms with Crippen LogP contribution >= 0.6 is 0 Å². The third kappa shape index (κ3) is 2.75. The lowest BCUT2D eigenvalue weighted by atomic mass is 10.1. The molecule has 1 aliphatic heterocycles. The zero-order valence-electron chi connectivity index (χ0n) is 15.2. The smallest absolute Gasteiger partial charge is 0.259 e. The predicted molar refractivity (Wildman–Crippen MR) is 105 cm³/mol. The summed E-state index contributed by atoms with van der Waals surface area (Å²) < 4.78 is 1.67. The Morgan fingerprint density at radius 3 is 3.00 bits per heavy atom. The molecule has 4 aromatic rings. The van der Waals surface area contributed by atoms with Gasteiger partial charge in [-0.2, -0.15) is 14.6 Å². The second-order valence-corrected chi connectivity index (χ2v) is 6.67. The molecule has 0 bridgehead atoms. The number of fused-ring (bicyclic) bond motifs is 2. The van der Waals surface area contributed by atoms with Crippen molar-refractivity contribution in [2.45, 2.75) is 13.3 Å². The zero-order valence-corrected chi connectivity index (χ0v) is 15.2. The topological polar surface area (TPSA) is 88.3 Å². The van der Waals surface area contributed by atoms with E-state index in [-0.39, 0.29) is 5.91 Å². The molecule has 0 radical (unpaired) electrons. The normalized spacial score (nSPS) is 13.0. The Morgan fingerprint density at radius 1 is 1.21 bits per heavy atom. The number of nitrogens with one attached hydrogen (secondary N) is 1. The monoisotopic (exact) mass is 371 g/mol. The molecule has 0 aliphatic carbocycles. The van der Waals surface area contributed by atoms with Crippen LogP contribution in [0.25, 0.3) is 5.78 Å². The van der Waals surface area contributed by atoms with Crippen LogP contribution in [0.2, 0.25) is 0 Å². The van der Waals surface area contributed by atoms with Crippen LogP contribution in [0.5, 0.6) is 0 Å². The molecule has 28 heavy (non-hydrogen) atoms. The van der Waals surface area contributed by atoms with Crippen LogP contribution in [-0.4, -0.2) is 37.0 Å². The largest absolute Gasteiger partial charge is 0.340 e. The van der Waals surface area contributed by atoms with Crippen molar-refractivity contribution in [1.82, 2.24) is 24.6 Å². The average molecular weight is 371 g/mol. The molecule has 0 saturated carbocycles. The molecule has 1 aromatic carbocycles. The van der Waals surface area contributed by atoms with Crippen molar-refractivity contribution < 1.29 is 4.79 Å². The molecule has 0 saturated heterocycles. The number of carbonyl (C=O) groups is 1. The summed E-state index contributed by atoms with van der Waals surface area (Å²) in [6.45, 7) is 2.58.